The van der Waals surface area contributed by atoms with Crippen LogP contribution in [0.5, 0.6) is 0 Å². The number of aliphatic hydroxyl groups excluding tert-OH is 2. The lowest BCUT2D eigenvalue weighted by atomic mass is 10.1. The Morgan fingerprint density at radius 1 is 0.951 bits per heavy atom. The molecule has 2 aromatic heterocycles. The van der Waals surface area contributed by atoms with Crippen molar-refractivity contribution in [1.29, 1.82) is 0 Å². The van der Waals surface area contributed by atoms with Crippen LogP contribution in [0.25, 0.3) is 0 Å². The number of ether oxygens (including phenoxy) is 1. The number of nitrogens with zero attached hydrogens (tertiary/aromatic N) is 5. The van der Waals surface area contributed by atoms with Crippen LogP contribution < -0.4 is 26.6 Å². The number of hydrogen-bond acceptors (Lipinski definition) is 11. The van der Waals surface area contributed by atoms with Crippen molar-refractivity contribution in [2.75, 3.05) is 73.7 Å². The summed E-state index contributed by atoms with van der Waals surface area (Å²) in [6, 6.07) is 3.54. The van der Waals surface area contributed by atoms with Crippen LogP contribution in [-0.4, -0.2) is 101 Å². The van der Waals surface area contributed by atoms with Gasteiger partial charge in [-0.15, -0.1) is 24.8 Å². The van der Waals surface area contributed by atoms with Gasteiger partial charge in [-0.1, -0.05) is 0 Å². The van der Waals surface area contributed by atoms with E-state index in [0.29, 0.717) is 31.3 Å². The largest absolute Gasteiger partial charge is 0.444 e. The molecule has 0 unspecified atom stereocenters. The van der Waals surface area contributed by atoms with Crippen LogP contribution in [-0.2, 0) is 4.74 Å². The molecule has 0 aliphatic carbocycles. The highest BCUT2D eigenvalue weighted by Crippen LogP contribution is 2.25. The predicted octanol–water partition coefficient (Wildman–Crippen LogP) is 1.98. The van der Waals surface area contributed by atoms with E-state index in [1.54, 1.807) is 11.1 Å². The van der Waals surface area contributed by atoms with Crippen molar-refractivity contribution in [3.8, 4) is 0 Å². The molecule has 14 heteroatoms. The maximum absolute atomic E-state index is 12.3. The van der Waals surface area contributed by atoms with E-state index in [1.165, 1.54) is 0 Å². The van der Waals surface area contributed by atoms with E-state index in [-0.39, 0.29) is 56.2 Å². The number of nitrogens with two attached hydrogens (primary N) is 2. The molecule has 232 valence electrons. The fraction of sp³-hybridized carbons (Fsp3) is 0.593. The number of hydrogen-bond donors (Lipinski definition) is 5. The average molecular weight is 618 g/mol. The van der Waals surface area contributed by atoms with E-state index < -0.39 is 5.60 Å². The van der Waals surface area contributed by atoms with Crippen molar-refractivity contribution in [1.82, 2.24) is 20.2 Å². The SMILES string of the molecule is Cc1cc(N)ncc1N1CCN(C(=O)OC(C)(C)C)[C@@H](CO)C1.Cc1cc(N)ncc1N1CCN[C@@H](CO)C1.Cl.Cl. The van der Waals surface area contributed by atoms with Gasteiger partial charge in [0.15, 0.2) is 0 Å². The molecule has 0 spiro atoms. The molecular formula is C27H46Cl2N8O4. The summed E-state index contributed by atoms with van der Waals surface area (Å²) in [6.07, 6.45) is 3.16. The molecule has 0 bridgehead atoms. The molecule has 0 radical (unpaired) electrons. The van der Waals surface area contributed by atoms with E-state index in [0.717, 1.165) is 42.1 Å². The first-order chi connectivity index (χ1) is 18.4. The van der Waals surface area contributed by atoms with Crippen molar-refractivity contribution >= 4 is 53.9 Å². The van der Waals surface area contributed by atoms with E-state index in [9.17, 15) is 9.90 Å². The third-order valence-corrected chi connectivity index (χ3v) is 6.69. The van der Waals surface area contributed by atoms with Gasteiger partial charge < -0.3 is 41.5 Å². The summed E-state index contributed by atoms with van der Waals surface area (Å²) < 4.78 is 5.42. The number of nitrogens with one attached hydrogen (secondary N) is 1. The van der Waals surface area contributed by atoms with Gasteiger partial charge >= 0.3 is 6.09 Å². The molecule has 2 fully saturated rings. The summed E-state index contributed by atoms with van der Waals surface area (Å²) in [5.41, 5.74) is 15.0. The second-order valence-electron chi connectivity index (χ2n) is 11.0. The fourth-order valence-corrected chi connectivity index (χ4v) is 4.76. The zero-order chi connectivity index (χ0) is 28.7. The Labute approximate surface area is 255 Å². The third kappa shape index (κ3) is 10.2. The van der Waals surface area contributed by atoms with Crippen LogP contribution in [0.2, 0.25) is 0 Å². The molecule has 7 N–H and O–H groups in total. The first-order valence-corrected chi connectivity index (χ1v) is 13.3. The Balaban J connectivity index is 0.000000413. The van der Waals surface area contributed by atoms with Gasteiger partial charge in [-0.2, -0.15) is 0 Å². The maximum Gasteiger partial charge on any atom is 0.410 e. The third-order valence-electron chi connectivity index (χ3n) is 6.69. The molecule has 2 aromatic rings. The molecule has 4 heterocycles. The van der Waals surface area contributed by atoms with Gasteiger partial charge in [0.1, 0.15) is 17.2 Å². The van der Waals surface area contributed by atoms with Gasteiger partial charge in [-0.25, -0.2) is 14.8 Å². The van der Waals surface area contributed by atoms with E-state index in [1.807, 2.05) is 52.9 Å². The van der Waals surface area contributed by atoms with Gasteiger partial charge in [-0.3, -0.25) is 4.90 Å². The van der Waals surface area contributed by atoms with Crippen molar-refractivity contribution in [3.05, 3.63) is 35.7 Å². The number of piperazine rings is 2. The number of nitrogen functional groups attached to an aromatic ring is 2. The van der Waals surface area contributed by atoms with Crippen LogP contribution in [0.3, 0.4) is 0 Å². The smallest absolute Gasteiger partial charge is 0.410 e. The molecule has 0 saturated carbocycles. The number of rotatable bonds is 4. The minimum absolute atomic E-state index is 0. The lowest BCUT2D eigenvalue weighted by Gasteiger charge is -2.42. The first kappa shape index (κ1) is 36.3. The van der Waals surface area contributed by atoms with Crippen molar-refractivity contribution in [3.63, 3.8) is 0 Å². The molecule has 2 saturated heterocycles. The van der Waals surface area contributed by atoms with Crippen LogP contribution in [0.4, 0.5) is 27.8 Å². The molecule has 1 amide bonds. The number of amides is 1. The number of anilines is 4. The van der Waals surface area contributed by atoms with Gasteiger partial charge in [0.25, 0.3) is 0 Å². The normalized spacial score (nSPS) is 18.9. The van der Waals surface area contributed by atoms with E-state index in [4.69, 9.17) is 21.3 Å². The molecule has 4 rings (SSSR count). The van der Waals surface area contributed by atoms with Crippen molar-refractivity contribution in [2.24, 2.45) is 0 Å². The second kappa shape index (κ2) is 16.0. The van der Waals surface area contributed by atoms with Crippen LogP contribution in [0.1, 0.15) is 31.9 Å². The van der Waals surface area contributed by atoms with Gasteiger partial charge in [0, 0.05) is 45.3 Å². The highest BCUT2D eigenvalue weighted by atomic mass is 35.5. The minimum Gasteiger partial charge on any atom is -0.444 e. The van der Waals surface area contributed by atoms with Crippen LogP contribution in [0, 0.1) is 13.8 Å². The molecular weight excluding hydrogens is 571 g/mol. The Morgan fingerprint density at radius 2 is 1.49 bits per heavy atom. The number of aryl methyl sites for hydroxylation is 2. The topological polar surface area (TPSA) is 166 Å². The second-order valence-corrected chi connectivity index (χ2v) is 11.0. The summed E-state index contributed by atoms with van der Waals surface area (Å²) in [5, 5.41) is 22.1. The lowest BCUT2D eigenvalue weighted by molar-refractivity contribution is 0.00703. The monoisotopic (exact) mass is 616 g/mol. The summed E-state index contributed by atoms with van der Waals surface area (Å²) in [7, 11) is 0. The lowest BCUT2D eigenvalue weighted by Crippen LogP contribution is -2.57. The Kier molecular flexibility index (Phi) is 14.2. The highest BCUT2D eigenvalue weighted by Gasteiger charge is 2.33. The summed E-state index contributed by atoms with van der Waals surface area (Å²) in [6.45, 7) is 13.9. The zero-order valence-electron chi connectivity index (χ0n) is 24.5. The van der Waals surface area contributed by atoms with Gasteiger partial charge in [0.05, 0.1) is 43.0 Å². The quantitative estimate of drug-likeness (QED) is 0.341. The molecule has 0 aromatic carbocycles. The average Bonchev–Trinajstić information content (AvgIpc) is 2.87. The Hall–Kier alpha value is -2.77. The number of pyridine rings is 2. The maximum atomic E-state index is 12.3. The molecule has 2 atom stereocenters. The predicted molar refractivity (Wildman–Crippen MR) is 168 cm³/mol. The standard InChI is InChI=1S/C16H26N4O3.C11H18N4O.2ClH/c1-11-7-14(17)18-8-13(11)19-5-6-20(12(9-19)10-21)15(22)23-16(2,3)4;1-8-4-11(12)14-5-10(8)15-3-2-13-9(6-15)7-16;;/h7-8,12,21H,5-6,9-10H2,1-4H3,(H2,17,18);4-5,9,13,16H,2-3,6-7H2,1H3,(H2,12,14);2*1H/t12-;9-;;/m11../s1. The molecule has 41 heavy (non-hydrogen) atoms. The number of carbonyl (C=O) groups is 1. The fourth-order valence-electron chi connectivity index (χ4n) is 4.76. The summed E-state index contributed by atoms with van der Waals surface area (Å²) >= 11 is 0. The zero-order valence-corrected chi connectivity index (χ0v) is 26.2. The van der Waals surface area contributed by atoms with E-state index in [2.05, 4.69) is 25.1 Å². The van der Waals surface area contributed by atoms with E-state index >= 15 is 0 Å². The Bertz CT molecular complexity index is 1120. The molecule has 12 nitrogen and oxygen atoms in total. The molecule has 2 aliphatic rings. The van der Waals surface area contributed by atoms with Crippen LogP contribution in [0.15, 0.2) is 24.5 Å². The van der Waals surface area contributed by atoms with Crippen molar-refractivity contribution in [2.45, 2.75) is 52.3 Å². The van der Waals surface area contributed by atoms with Crippen molar-refractivity contribution < 1.29 is 19.7 Å². The van der Waals surface area contributed by atoms with Crippen LogP contribution >= 0.6 is 24.8 Å². The first-order valence-electron chi connectivity index (χ1n) is 13.3. The number of aromatic nitrogens is 2. The summed E-state index contributed by atoms with van der Waals surface area (Å²) in [5.74, 6) is 1.03. The number of carbonyl (C=O) groups excluding carboxylic acids is 1. The number of halogens is 2. The van der Waals surface area contributed by atoms with Gasteiger partial charge in [0.2, 0.25) is 0 Å². The van der Waals surface area contributed by atoms with Gasteiger partial charge in [-0.05, 0) is 57.9 Å². The number of aliphatic hydroxyl groups is 2. The summed E-state index contributed by atoms with van der Waals surface area (Å²) in [4.78, 5) is 26.5. The minimum atomic E-state index is -0.550. The Morgan fingerprint density at radius 3 is 1.95 bits per heavy atom. The molecule has 2 aliphatic heterocycles. The highest BCUT2D eigenvalue weighted by molar-refractivity contribution is 5.85.